The molecule has 0 amide bonds. The Balaban J connectivity index is 2.43. The zero-order valence-electron chi connectivity index (χ0n) is 9.51. The van der Waals surface area contributed by atoms with Crippen molar-refractivity contribution in [2.24, 2.45) is 0 Å². The molecule has 1 heterocycles. The monoisotopic (exact) mass is 298 g/mol. The second-order valence-electron chi connectivity index (χ2n) is 3.71. The number of nitrogens with one attached hydrogen (secondary N) is 1. The van der Waals surface area contributed by atoms with E-state index in [1.807, 2.05) is 0 Å². The van der Waals surface area contributed by atoms with Crippen LogP contribution in [-0.4, -0.2) is 11.5 Å². The molecule has 0 saturated carbocycles. The van der Waals surface area contributed by atoms with E-state index in [1.165, 1.54) is 10.3 Å². The van der Waals surface area contributed by atoms with Crippen molar-refractivity contribution >= 4 is 42.6 Å². The molecule has 4 heteroatoms. The number of hydrogen-bond acceptors (Lipinski definition) is 3. The Morgan fingerprint density at radius 2 is 2.19 bits per heavy atom. The van der Waals surface area contributed by atoms with E-state index in [4.69, 9.17) is 0 Å². The topological polar surface area (TPSA) is 24.9 Å². The van der Waals surface area contributed by atoms with Crippen molar-refractivity contribution in [1.29, 1.82) is 0 Å². The molecule has 86 valence electrons. The molecule has 2 nitrogen and oxygen atoms in total. The van der Waals surface area contributed by atoms with Crippen LogP contribution in [0.25, 0.3) is 10.2 Å². The van der Waals surface area contributed by atoms with Gasteiger partial charge in [-0.05, 0) is 30.5 Å². The highest BCUT2D eigenvalue weighted by Gasteiger charge is 2.08. The van der Waals surface area contributed by atoms with E-state index in [0.717, 1.165) is 34.5 Å². The third-order valence-electron chi connectivity index (χ3n) is 2.45. The van der Waals surface area contributed by atoms with Crippen molar-refractivity contribution in [3.05, 3.63) is 22.2 Å². The van der Waals surface area contributed by atoms with Crippen molar-refractivity contribution in [1.82, 2.24) is 4.98 Å². The normalized spacial score (nSPS) is 10.9. The Morgan fingerprint density at radius 3 is 2.88 bits per heavy atom. The Bertz CT molecular complexity index is 493. The van der Waals surface area contributed by atoms with Crippen LogP contribution < -0.4 is 5.32 Å². The molecule has 0 aliphatic heterocycles. The van der Waals surface area contributed by atoms with Gasteiger partial charge < -0.3 is 5.32 Å². The maximum absolute atomic E-state index is 4.65. The van der Waals surface area contributed by atoms with Crippen LogP contribution in [0.1, 0.15) is 25.8 Å². The molecule has 1 N–H and O–H groups in total. The number of benzene rings is 1. The molecule has 0 aliphatic rings. The lowest BCUT2D eigenvalue weighted by molar-refractivity contribution is 0.977. The van der Waals surface area contributed by atoms with E-state index in [9.17, 15) is 0 Å². The molecule has 0 radical (unpaired) electrons. The van der Waals surface area contributed by atoms with Crippen LogP contribution in [0.2, 0.25) is 0 Å². The van der Waals surface area contributed by atoms with Gasteiger partial charge in [0.25, 0.3) is 0 Å². The van der Waals surface area contributed by atoms with Gasteiger partial charge in [0.15, 0.2) is 5.13 Å². The Labute approximate surface area is 108 Å². The largest absolute Gasteiger partial charge is 0.361 e. The Hall–Kier alpha value is -0.610. The van der Waals surface area contributed by atoms with Crippen LogP contribution in [0.15, 0.2) is 16.6 Å². The average Bonchev–Trinajstić information content (AvgIpc) is 2.67. The molecular formula is C12H15BrN2S. The third-order valence-corrected chi connectivity index (χ3v) is 3.86. The van der Waals surface area contributed by atoms with E-state index in [0.29, 0.717) is 0 Å². The summed E-state index contributed by atoms with van der Waals surface area (Å²) in [5.41, 5.74) is 2.46. The molecular weight excluding hydrogens is 284 g/mol. The van der Waals surface area contributed by atoms with Crippen molar-refractivity contribution in [3.63, 3.8) is 0 Å². The number of aromatic nitrogens is 1. The maximum Gasteiger partial charge on any atom is 0.183 e. The van der Waals surface area contributed by atoms with Gasteiger partial charge in [-0.1, -0.05) is 41.1 Å². The molecule has 0 atom stereocenters. The van der Waals surface area contributed by atoms with Crippen molar-refractivity contribution in [2.75, 3.05) is 11.9 Å². The summed E-state index contributed by atoms with van der Waals surface area (Å²) < 4.78 is 2.40. The summed E-state index contributed by atoms with van der Waals surface area (Å²) in [6, 6.07) is 4.30. The summed E-state index contributed by atoms with van der Waals surface area (Å²) in [6.45, 7) is 5.32. The highest BCUT2D eigenvalue weighted by molar-refractivity contribution is 9.10. The van der Waals surface area contributed by atoms with Gasteiger partial charge in [-0.2, -0.15) is 0 Å². The fourth-order valence-corrected chi connectivity index (χ4v) is 3.27. The Morgan fingerprint density at radius 1 is 1.38 bits per heavy atom. The van der Waals surface area contributed by atoms with Gasteiger partial charge in [0.1, 0.15) is 0 Å². The molecule has 2 aromatic rings. The zero-order chi connectivity index (χ0) is 11.5. The summed E-state index contributed by atoms with van der Waals surface area (Å²) in [6.07, 6.45) is 2.15. The molecule has 1 aromatic heterocycles. The van der Waals surface area contributed by atoms with Crippen molar-refractivity contribution < 1.29 is 0 Å². The molecule has 16 heavy (non-hydrogen) atoms. The minimum atomic E-state index is 0.989. The number of halogens is 1. The number of rotatable bonds is 4. The number of anilines is 1. The summed E-state index contributed by atoms with van der Waals surface area (Å²) in [4.78, 5) is 4.65. The standard InChI is InChI=1S/C12H15BrN2S/c1-3-5-14-12-15-11-8(4-2)6-9(13)7-10(11)16-12/h6-7H,3-5H2,1-2H3,(H,14,15). The number of thiazole rings is 1. The van der Waals surface area contributed by atoms with Crippen LogP contribution in [0, 0.1) is 0 Å². The molecule has 0 aliphatic carbocycles. The zero-order valence-corrected chi connectivity index (χ0v) is 11.9. The van der Waals surface area contributed by atoms with Crippen LogP contribution in [0.3, 0.4) is 0 Å². The minimum Gasteiger partial charge on any atom is -0.361 e. The molecule has 0 unspecified atom stereocenters. The number of aryl methyl sites for hydroxylation is 1. The highest BCUT2D eigenvalue weighted by Crippen LogP contribution is 2.31. The molecule has 0 bridgehead atoms. The predicted octanol–water partition coefficient (Wildman–Crippen LogP) is 4.44. The number of nitrogens with zero attached hydrogens (tertiary/aromatic N) is 1. The summed E-state index contributed by atoms with van der Waals surface area (Å²) in [5, 5.41) is 4.38. The minimum absolute atomic E-state index is 0.989. The van der Waals surface area contributed by atoms with Gasteiger partial charge in [0, 0.05) is 11.0 Å². The average molecular weight is 299 g/mol. The first-order valence-electron chi connectivity index (χ1n) is 5.57. The van der Waals surface area contributed by atoms with Gasteiger partial charge in [-0.25, -0.2) is 4.98 Å². The summed E-state index contributed by atoms with van der Waals surface area (Å²) >= 11 is 5.27. The fourth-order valence-electron chi connectivity index (χ4n) is 1.64. The lowest BCUT2D eigenvalue weighted by atomic mass is 10.1. The quantitative estimate of drug-likeness (QED) is 0.902. The molecule has 1 aromatic carbocycles. The first-order valence-corrected chi connectivity index (χ1v) is 7.18. The maximum atomic E-state index is 4.65. The fraction of sp³-hybridized carbons (Fsp3) is 0.417. The number of hydrogen-bond donors (Lipinski definition) is 1. The second-order valence-corrected chi connectivity index (χ2v) is 5.66. The van der Waals surface area contributed by atoms with Gasteiger partial charge in [-0.15, -0.1) is 0 Å². The van der Waals surface area contributed by atoms with Crippen LogP contribution in [0.4, 0.5) is 5.13 Å². The molecule has 2 rings (SSSR count). The number of fused-ring (bicyclic) bond motifs is 1. The smallest absolute Gasteiger partial charge is 0.183 e. The van der Waals surface area contributed by atoms with Crippen molar-refractivity contribution in [2.45, 2.75) is 26.7 Å². The van der Waals surface area contributed by atoms with Gasteiger partial charge in [0.2, 0.25) is 0 Å². The molecule has 0 spiro atoms. The van der Waals surface area contributed by atoms with Crippen molar-refractivity contribution in [3.8, 4) is 0 Å². The van der Waals surface area contributed by atoms with Crippen LogP contribution in [0.5, 0.6) is 0 Å². The third kappa shape index (κ3) is 2.38. The van der Waals surface area contributed by atoms with E-state index in [1.54, 1.807) is 11.3 Å². The van der Waals surface area contributed by atoms with Gasteiger partial charge >= 0.3 is 0 Å². The molecule has 0 fully saturated rings. The first-order chi connectivity index (χ1) is 7.74. The summed E-state index contributed by atoms with van der Waals surface area (Å²) in [7, 11) is 0. The van der Waals surface area contributed by atoms with E-state index in [2.05, 4.69) is 52.2 Å². The van der Waals surface area contributed by atoms with E-state index >= 15 is 0 Å². The predicted molar refractivity (Wildman–Crippen MR) is 75.5 cm³/mol. The van der Waals surface area contributed by atoms with E-state index < -0.39 is 0 Å². The lowest BCUT2D eigenvalue weighted by Gasteiger charge is -1.98. The van der Waals surface area contributed by atoms with Gasteiger partial charge in [-0.3, -0.25) is 0 Å². The van der Waals surface area contributed by atoms with Gasteiger partial charge in [0.05, 0.1) is 10.2 Å². The second kappa shape index (κ2) is 5.15. The SMILES string of the molecule is CCCNc1nc2c(CC)cc(Br)cc2s1. The summed E-state index contributed by atoms with van der Waals surface area (Å²) in [5.74, 6) is 0. The highest BCUT2D eigenvalue weighted by atomic mass is 79.9. The van der Waals surface area contributed by atoms with E-state index in [-0.39, 0.29) is 0 Å². The lowest BCUT2D eigenvalue weighted by Crippen LogP contribution is -1.98. The Kier molecular flexibility index (Phi) is 3.82. The van der Waals surface area contributed by atoms with Crippen LogP contribution in [-0.2, 0) is 6.42 Å². The molecule has 0 saturated heterocycles. The van der Waals surface area contributed by atoms with Crippen LogP contribution >= 0.6 is 27.3 Å². The first kappa shape index (κ1) is 11.9.